The van der Waals surface area contributed by atoms with Crippen molar-refractivity contribution in [2.24, 2.45) is 0 Å². The molecule has 2 aromatic rings. The van der Waals surface area contributed by atoms with E-state index in [0.29, 0.717) is 17.1 Å². The fourth-order valence-electron chi connectivity index (χ4n) is 2.59. The number of carbonyl (C=O) groups excluding carboxylic acids is 1. The largest absolute Gasteiger partial charge is 0.470 e. The third-order valence-corrected chi connectivity index (χ3v) is 4.87. The molecular formula is C19H25FN7O5P. The van der Waals surface area contributed by atoms with Gasteiger partial charge in [0, 0.05) is 18.3 Å². The van der Waals surface area contributed by atoms with Gasteiger partial charge in [-0.2, -0.15) is 5.26 Å². The van der Waals surface area contributed by atoms with Crippen LogP contribution in [0.25, 0.3) is 0 Å². The molecule has 2 heterocycles. The van der Waals surface area contributed by atoms with Gasteiger partial charge in [0.05, 0.1) is 35.8 Å². The number of rotatable bonds is 10. The summed E-state index contributed by atoms with van der Waals surface area (Å²) in [4.78, 5) is 42.7. The van der Waals surface area contributed by atoms with E-state index in [9.17, 15) is 13.8 Å². The Hall–Kier alpha value is -3.17. The third kappa shape index (κ3) is 8.03. The molecule has 33 heavy (non-hydrogen) atoms. The molecule has 2 aromatic heterocycles. The van der Waals surface area contributed by atoms with Gasteiger partial charge < -0.3 is 25.7 Å². The maximum absolute atomic E-state index is 14.5. The van der Waals surface area contributed by atoms with Crippen molar-refractivity contribution in [3.63, 3.8) is 0 Å². The quantitative estimate of drug-likeness (QED) is 0.314. The first-order valence-electron chi connectivity index (χ1n) is 9.75. The molecule has 0 radical (unpaired) electrons. The summed E-state index contributed by atoms with van der Waals surface area (Å²) in [5.74, 6) is -0.137. The molecule has 0 aliphatic rings. The number of alkyl halides is 1. The summed E-state index contributed by atoms with van der Waals surface area (Å²) in [7, 11) is -4.92. The van der Waals surface area contributed by atoms with Crippen LogP contribution in [-0.2, 0) is 9.09 Å². The van der Waals surface area contributed by atoms with Gasteiger partial charge >= 0.3 is 7.82 Å². The van der Waals surface area contributed by atoms with Crippen molar-refractivity contribution in [2.45, 2.75) is 45.5 Å². The molecule has 0 spiro atoms. The molecule has 0 aromatic carbocycles. The van der Waals surface area contributed by atoms with E-state index in [1.807, 2.05) is 19.9 Å². The van der Waals surface area contributed by atoms with E-state index < -0.39 is 32.0 Å². The van der Waals surface area contributed by atoms with Gasteiger partial charge in [0.15, 0.2) is 0 Å². The normalized spacial score (nSPS) is 12.7. The Morgan fingerprint density at radius 1 is 1.27 bits per heavy atom. The number of nitrogens with zero attached hydrogens (tertiary/aromatic N) is 4. The Morgan fingerprint density at radius 3 is 2.45 bits per heavy atom. The van der Waals surface area contributed by atoms with Crippen LogP contribution in [-0.4, -0.2) is 55.0 Å². The monoisotopic (exact) mass is 481 g/mol. The second-order valence-corrected chi connectivity index (χ2v) is 8.97. The molecule has 12 nitrogen and oxygen atoms in total. The molecule has 14 heteroatoms. The lowest BCUT2D eigenvalue weighted by atomic mass is 10.0. The Balaban J connectivity index is 2.16. The SMILES string of the molecule is CC(C)Nc1cc(Nc2ncc(C#N)cn2)ncc1C(=O)NCC(F)C(C)(C)OP(=O)(O)O. The maximum Gasteiger partial charge on any atom is 0.470 e. The Labute approximate surface area is 189 Å². The second-order valence-electron chi connectivity index (χ2n) is 7.81. The molecule has 1 amide bonds. The van der Waals surface area contributed by atoms with Crippen LogP contribution >= 0.6 is 7.82 Å². The highest BCUT2D eigenvalue weighted by atomic mass is 31.2. The second kappa shape index (κ2) is 10.6. The predicted molar refractivity (Wildman–Crippen MR) is 117 cm³/mol. The summed E-state index contributed by atoms with van der Waals surface area (Å²) in [6.45, 7) is 5.51. The highest BCUT2D eigenvalue weighted by Crippen LogP contribution is 2.42. The average Bonchev–Trinajstić information content (AvgIpc) is 2.70. The molecule has 178 valence electrons. The van der Waals surface area contributed by atoms with Gasteiger partial charge in [-0.25, -0.2) is 23.9 Å². The Kier molecular flexibility index (Phi) is 8.40. The van der Waals surface area contributed by atoms with Crippen molar-refractivity contribution in [3.8, 4) is 6.07 Å². The van der Waals surface area contributed by atoms with E-state index in [4.69, 9.17) is 15.0 Å². The molecule has 5 N–H and O–H groups in total. The number of carbonyl (C=O) groups is 1. The number of nitriles is 1. The number of aromatic nitrogens is 3. The molecule has 0 bridgehead atoms. The first-order valence-corrected chi connectivity index (χ1v) is 11.3. The molecule has 0 aliphatic carbocycles. The van der Waals surface area contributed by atoms with Crippen molar-refractivity contribution in [1.82, 2.24) is 20.3 Å². The molecule has 0 fully saturated rings. The standard InChI is InChI=1S/C19H25FN7O5P/c1-11(2)26-14-5-16(27-18-24-7-12(6-21)8-25-18)22-9-13(14)17(28)23-10-15(20)19(3,4)32-33(29,30)31/h5,7-9,11,15H,10H2,1-4H3,(H,23,28)(H2,29,30,31)(H2,22,24,25,26,27). The number of phosphoric acid groups is 1. The lowest BCUT2D eigenvalue weighted by molar-refractivity contribution is -0.00230. The topological polar surface area (TPSA) is 182 Å². The number of halogens is 1. The summed E-state index contributed by atoms with van der Waals surface area (Å²) in [6.07, 6.45) is 2.06. The number of hydrogen-bond acceptors (Lipinski definition) is 9. The first kappa shape index (κ1) is 26.1. The number of pyridine rings is 1. The van der Waals surface area contributed by atoms with E-state index in [0.717, 1.165) is 0 Å². The van der Waals surface area contributed by atoms with Crippen molar-refractivity contribution in [1.29, 1.82) is 5.26 Å². The van der Waals surface area contributed by atoms with E-state index in [2.05, 4.69) is 35.4 Å². The Bertz CT molecular complexity index is 1070. The number of hydrogen-bond donors (Lipinski definition) is 5. The summed E-state index contributed by atoms with van der Waals surface area (Å²) in [5, 5.41) is 17.2. The van der Waals surface area contributed by atoms with E-state index in [1.54, 1.807) is 6.07 Å². The van der Waals surface area contributed by atoms with Gasteiger partial charge in [0.1, 0.15) is 23.7 Å². The molecule has 0 saturated heterocycles. The van der Waals surface area contributed by atoms with Crippen LogP contribution in [0.15, 0.2) is 24.7 Å². The fraction of sp³-hybridized carbons (Fsp3) is 0.421. The number of phosphoric ester groups is 1. The summed E-state index contributed by atoms with van der Waals surface area (Å²) in [6, 6.07) is 3.41. The molecule has 1 unspecified atom stereocenters. The van der Waals surface area contributed by atoms with Crippen LogP contribution < -0.4 is 16.0 Å². The van der Waals surface area contributed by atoms with Crippen LogP contribution in [0.2, 0.25) is 0 Å². The van der Waals surface area contributed by atoms with Crippen LogP contribution in [0.5, 0.6) is 0 Å². The zero-order chi connectivity index (χ0) is 24.8. The van der Waals surface area contributed by atoms with Gasteiger partial charge in [-0.1, -0.05) is 0 Å². The van der Waals surface area contributed by atoms with Crippen molar-refractivity contribution < 1.29 is 28.1 Å². The van der Waals surface area contributed by atoms with Crippen molar-refractivity contribution in [2.75, 3.05) is 17.2 Å². The summed E-state index contributed by atoms with van der Waals surface area (Å²) >= 11 is 0. The number of amides is 1. The minimum Gasteiger partial charge on any atom is -0.382 e. The molecular weight excluding hydrogens is 456 g/mol. The van der Waals surface area contributed by atoms with Gasteiger partial charge in [-0.3, -0.25) is 9.32 Å². The molecule has 1 atom stereocenters. The predicted octanol–water partition coefficient (Wildman–Crippen LogP) is 2.26. The van der Waals surface area contributed by atoms with Gasteiger partial charge in [-0.15, -0.1) is 0 Å². The number of anilines is 3. The van der Waals surface area contributed by atoms with Crippen molar-refractivity contribution in [3.05, 3.63) is 35.8 Å². The summed E-state index contributed by atoms with van der Waals surface area (Å²) < 4.78 is 30.0. The first-order chi connectivity index (χ1) is 15.3. The van der Waals surface area contributed by atoms with E-state index >= 15 is 0 Å². The van der Waals surface area contributed by atoms with Gasteiger partial charge in [-0.05, 0) is 27.7 Å². The third-order valence-electron chi connectivity index (χ3n) is 4.16. The smallest absolute Gasteiger partial charge is 0.382 e. The van der Waals surface area contributed by atoms with Gasteiger partial charge in [0.2, 0.25) is 5.95 Å². The summed E-state index contributed by atoms with van der Waals surface area (Å²) in [5.41, 5.74) is -1.02. The Morgan fingerprint density at radius 2 is 1.91 bits per heavy atom. The minimum atomic E-state index is -4.92. The highest BCUT2D eigenvalue weighted by Gasteiger charge is 2.37. The highest BCUT2D eigenvalue weighted by molar-refractivity contribution is 7.46. The number of nitrogens with one attached hydrogen (secondary N) is 3. The van der Waals surface area contributed by atoms with E-state index in [-0.39, 0.29) is 17.6 Å². The van der Waals surface area contributed by atoms with Crippen LogP contribution in [0.3, 0.4) is 0 Å². The fourth-order valence-corrected chi connectivity index (χ4v) is 3.31. The minimum absolute atomic E-state index is 0.0533. The lowest BCUT2D eigenvalue weighted by Gasteiger charge is -2.29. The maximum atomic E-state index is 14.5. The molecule has 2 rings (SSSR count). The zero-order valence-corrected chi connectivity index (χ0v) is 19.3. The van der Waals surface area contributed by atoms with E-state index in [1.165, 1.54) is 32.4 Å². The van der Waals surface area contributed by atoms with Crippen molar-refractivity contribution >= 4 is 31.2 Å². The molecule has 0 aliphatic heterocycles. The van der Waals surface area contributed by atoms with Crippen LogP contribution in [0.1, 0.15) is 43.6 Å². The van der Waals surface area contributed by atoms with Crippen LogP contribution in [0.4, 0.5) is 21.8 Å². The lowest BCUT2D eigenvalue weighted by Crippen LogP contribution is -2.43. The average molecular weight is 481 g/mol. The zero-order valence-electron chi connectivity index (χ0n) is 18.4. The van der Waals surface area contributed by atoms with Crippen LogP contribution in [0, 0.1) is 11.3 Å². The van der Waals surface area contributed by atoms with Gasteiger partial charge in [0.25, 0.3) is 5.91 Å². The molecule has 0 saturated carbocycles.